The first-order valence-electron chi connectivity index (χ1n) is 9.78. The van der Waals surface area contributed by atoms with Crippen molar-refractivity contribution in [3.63, 3.8) is 0 Å². The van der Waals surface area contributed by atoms with Gasteiger partial charge in [-0.05, 0) is 43.0 Å². The van der Waals surface area contributed by atoms with Crippen LogP contribution in [0.4, 0.5) is 5.95 Å². The number of nitrogens with one attached hydrogen (secondary N) is 1. The third-order valence-electron chi connectivity index (χ3n) is 4.91. The number of ether oxygens (including phenoxy) is 2. The number of nitrogens with zero attached hydrogens (tertiary/aromatic N) is 3. The lowest BCUT2D eigenvalue weighted by molar-refractivity contribution is 0.0949. The highest BCUT2D eigenvalue weighted by molar-refractivity contribution is 5.92. The van der Waals surface area contributed by atoms with Crippen molar-refractivity contribution in [2.24, 2.45) is 0 Å². The Hall–Kier alpha value is -2.83. The van der Waals surface area contributed by atoms with Crippen LogP contribution < -0.4 is 19.7 Å². The summed E-state index contributed by atoms with van der Waals surface area (Å²) in [6.45, 7) is 2.41. The second kappa shape index (κ2) is 9.92. The second-order valence-corrected chi connectivity index (χ2v) is 6.84. The van der Waals surface area contributed by atoms with Crippen LogP contribution in [0.25, 0.3) is 0 Å². The number of hydrogen-bond acceptors (Lipinski definition) is 6. The molecule has 1 amide bonds. The average Bonchev–Trinajstić information content (AvgIpc) is 3.03. The molecular formula is C21H28N4O3. The van der Waals surface area contributed by atoms with Crippen LogP contribution >= 0.6 is 0 Å². The van der Waals surface area contributed by atoms with E-state index in [0.717, 1.165) is 31.5 Å². The molecule has 0 bridgehead atoms. The van der Waals surface area contributed by atoms with Gasteiger partial charge in [-0.25, -0.2) is 9.97 Å². The normalized spacial score (nSPS) is 14.3. The maximum absolute atomic E-state index is 12.5. The molecule has 1 aromatic heterocycles. The maximum Gasteiger partial charge on any atom is 0.270 e. The number of rotatable bonds is 7. The van der Waals surface area contributed by atoms with Gasteiger partial charge in [0, 0.05) is 25.8 Å². The summed E-state index contributed by atoms with van der Waals surface area (Å²) in [5.74, 6) is 1.84. The van der Waals surface area contributed by atoms with Crippen molar-refractivity contribution < 1.29 is 14.3 Å². The van der Waals surface area contributed by atoms with Gasteiger partial charge in [0.15, 0.2) is 11.5 Å². The van der Waals surface area contributed by atoms with Crippen LogP contribution in [-0.2, 0) is 6.42 Å². The molecule has 3 rings (SSSR count). The van der Waals surface area contributed by atoms with Crippen molar-refractivity contribution in [1.82, 2.24) is 15.3 Å². The van der Waals surface area contributed by atoms with E-state index >= 15 is 0 Å². The molecule has 1 aliphatic rings. The summed E-state index contributed by atoms with van der Waals surface area (Å²) in [7, 11) is 3.22. The highest BCUT2D eigenvalue weighted by Crippen LogP contribution is 2.27. The van der Waals surface area contributed by atoms with E-state index in [1.165, 1.54) is 12.8 Å². The molecule has 1 N–H and O–H groups in total. The molecule has 28 heavy (non-hydrogen) atoms. The zero-order valence-corrected chi connectivity index (χ0v) is 16.6. The molecular weight excluding hydrogens is 356 g/mol. The summed E-state index contributed by atoms with van der Waals surface area (Å²) in [6, 6.07) is 7.42. The molecule has 0 atom stereocenters. The van der Waals surface area contributed by atoms with Crippen molar-refractivity contribution in [3.8, 4) is 11.5 Å². The number of amides is 1. The van der Waals surface area contributed by atoms with Crippen LogP contribution in [0.3, 0.4) is 0 Å². The topological polar surface area (TPSA) is 76.6 Å². The number of benzene rings is 1. The van der Waals surface area contributed by atoms with Gasteiger partial charge in [-0.3, -0.25) is 4.79 Å². The largest absolute Gasteiger partial charge is 0.493 e. The molecule has 0 saturated carbocycles. The van der Waals surface area contributed by atoms with Crippen LogP contribution in [0.5, 0.6) is 11.5 Å². The van der Waals surface area contributed by atoms with Crippen molar-refractivity contribution in [1.29, 1.82) is 0 Å². The summed E-state index contributed by atoms with van der Waals surface area (Å²) >= 11 is 0. The summed E-state index contributed by atoms with van der Waals surface area (Å²) < 4.78 is 10.6. The maximum atomic E-state index is 12.5. The van der Waals surface area contributed by atoms with E-state index in [2.05, 4.69) is 20.2 Å². The van der Waals surface area contributed by atoms with E-state index in [1.54, 1.807) is 26.5 Å². The van der Waals surface area contributed by atoms with E-state index in [9.17, 15) is 4.79 Å². The number of aromatic nitrogens is 2. The van der Waals surface area contributed by atoms with Gasteiger partial charge < -0.3 is 19.7 Å². The molecule has 1 saturated heterocycles. The fourth-order valence-corrected chi connectivity index (χ4v) is 3.34. The molecule has 0 aliphatic carbocycles. The monoisotopic (exact) mass is 384 g/mol. The molecule has 2 heterocycles. The van der Waals surface area contributed by atoms with Crippen LogP contribution in [0.1, 0.15) is 41.7 Å². The smallest absolute Gasteiger partial charge is 0.270 e. The summed E-state index contributed by atoms with van der Waals surface area (Å²) in [5, 5.41) is 2.94. The zero-order chi connectivity index (χ0) is 19.8. The van der Waals surface area contributed by atoms with Crippen LogP contribution in [-0.4, -0.2) is 49.7 Å². The Bertz CT molecular complexity index is 789. The van der Waals surface area contributed by atoms with Crippen molar-refractivity contribution >= 4 is 11.9 Å². The standard InChI is InChI=1S/C21H28N4O3/c1-27-18-8-7-16(15-19(18)28-2)9-11-22-20(26)17-10-12-23-21(24-17)25-13-5-3-4-6-14-25/h7-8,10,12,15H,3-6,9,11,13-14H2,1-2H3,(H,22,26). The molecule has 1 aromatic carbocycles. The first kappa shape index (κ1) is 19.9. The first-order valence-corrected chi connectivity index (χ1v) is 9.78. The highest BCUT2D eigenvalue weighted by Gasteiger charge is 2.15. The van der Waals surface area contributed by atoms with Crippen molar-refractivity contribution in [2.75, 3.05) is 38.8 Å². The van der Waals surface area contributed by atoms with E-state index in [1.807, 2.05) is 18.2 Å². The molecule has 0 radical (unpaired) electrons. The Morgan fingerprint density at radius 2 is 1.82 bits per heavy atom. The summed E-state index contributed by atoms with van der Waals surface area (Å²) in [5.41, 5.74) is 1.47. The third-order valence-corrected chi connectivity index (χ3v) is 4.91. The minimum absolute atomic E-state index is 0.182. The van der Waals surface area contributed by atoms with Crippen molar-refractivity contribution in [2.45, 2.75) is 32.1 Å². The van der Waals surface area contributed by atoms with E-state index in [-0.39, 0.29) is 5.91 Å². The van der Waals surface area contributed by atoms with Crippen LogP contribution in [0.2, 0.25) is 0 Å². The van der Waals surface area contributed by atoms with Gasteiger partial charge in [-0.2, -0.15) is 0 Å². The molecule has 1 fully saturated rings. The quantitative estimate of drug-likeness (QED) is 0.791. The van der Waals surface area contributed by atoms with Gasteiger partial charge >= 0.3 is 0 Å². The number of carbonyl (C=O) groups excluding carboxylic acids is 1. The van der Waals surface area contributed by atoms with Gasteiger partial charge in [0.05, 0.1) is 14.2 Å². The Morgan fingerprint density at radius 1 is 1.07 bits per heavy atom. The Morgan fingerprint density at radius 3 is 2.54 bits per heavy atom. The van der Waals surface area contributed by atoms with E-state index < -0.39 is 0 Å². The first-order chi connectivity index (χ1) is 13.7. The Labute approximate surface area is 166 Å². The number of carbonyl (C=O) groups is 1. The SMILES string of the molecule is COc1ccc(CCNC(=O)c2ccnc(N3CCCCCC3)n2)cc1OC. The third kappa shape index (κ3) is 5.12. The molecule has 0 spiro atoms. The van der Waals surface area contributed by atoms with Gasteiger partial charge in [0.2, 0.25) is 5.95 Å². The minimum atomic E-state index is -0.182. The van der Waals surface area contributed by atoms with E-state index in [4.69, 9.17) is 9.47 Å². The van der Waals surface area contributed by atoms with Crippen molar-refractivity contribution in [3.05, 3.63) is 41.7 Å². The molecule has 2 aromatic rings. The predicted molar refractivity (Wildman–Crippen MR) is 108 cm³/mol. The van der Waals surface area contributed by atoms with Gasteiger partial charge in [0.25, 0.3) is 5.91 Å². The highest BCUT2D eigenvalue weighted by atomic mass is 16.5. The number of anilines is 1. The molecule has 150 valence electrons. The lowest BCUT2D eigenvalue weighted by Crippen LogP contribution is -2.29. The lowest BCUT2D eigenvalue weighted by atomic mass is 10.1. The summed E-state index contributed by atoms with van der Waals surface area (Å²) in [4.78, 5) is 23.5. The Kier molecular flexibility index (Phi) is 7.06. The minimum Gasteiger partial charge on any atom is -0.493 e. The van der Waals surface area contributed by atoms with Crippen LogP contribution in [0, 0.1) is 0 Å². The zero-order valence-electron chi connectivity index (χ0n) is 16.6. The molecule has 7 nitrogen and oxygen atoms in total. The predicted octanol–water partition coefficient (Wildman–Crippen LogP) is 2.85. The van der Waals surface area contributed by atoms with E-state index in [0.29, 0.717) is 36.1 Å². The lowest BCUT2D eigenvalue weighted by Gasteiger charge is -2.20. The fraction of sp³-hybridized carbons (Fsp3) is 0.476. The fourth-order valence-electron chi connectivity index (χ4n) is 3.34. The second-order valence-electron chi connectivity index (χ2n) is 6.84. The molecule has 1 aliphatic heterocycles. The average molecular weight is 384 g/mol. The number of hydrogen-bond donors (Lipinski definition) is 1. The van der Waals surface area contributed by atoms with Gasteiger partial charge in [0.1, 0.15) is 5.69 Å². The van der Waals surface area contributed by atoms with Gasteiger partial charge in [-0.1, -0.05) is 18.9 Å². The molecule has 0 unspecified atom stereocenters. The molecule has 7 heteroatoms. The number of methoxy groups -OCH3 is 2. The summed E-state index contributed by atoms with van der Waals surface area (Å²) in [6.07, 6.45) is 7.13. The van der Waals surface area contributed by atoms with Crippen LogP contribution in [0.15, 0.2) is 30.5 Å². The van der Waals surface area contributed by atoms with Gasteiger partial charge in [-0.15, -0.1) is 0 Å². The Balaban J connectivity index is 1.57.